The molecule has 1 aromatic heterocycles. The standard InChI is InChI=1S/C17H13Cl2N3O6S/c1-6-5-29-15-12(14(24)22(15)13(6)16(25)26)20-11(23)4-21-9-2-7(18)8(19)3-10(9)28-17(21)27/h2-3,12,15H,4-5H2,1H3,(H,20,23)(H,25,26)/t12?,15-/m1/s1. The first kappa shape index (κ1) is 19.9. The molecule has 2 atom stereocenters. The number of nitrogens with one attached hydrogen (secondary N) is 1. The highest BCUT2D eigenvalue weighted by atomic mass is 35.5. The zero-order chi connectivity index (χ0) is 21.0. The van der Waals surface area contributed by atoms with Crippen molar-refractivity contribution in [3.05, 3.63) is 44.0 Å². The van der Waals surface area contributed by atoms with Gasteiger partial charge in [0.25, 0.3) is 5.91 Å². The molecule has 12 heteroatoms. The van der Waals surface area contributed by atoms with Crippen molar-refractivity contribution >= 4 is 63.8 Å². The van der Waals surface area contributed by atoms with Crippen LogP contribution in [-0.4, -0.2) is 49.5 Å². The van der Waals surface area contributed by atoms with Crippen LogP contribution in [0.5, 0.6) is 0 Å². The summed E-state index contributed by atoms with van der Waals surface area (Å²) in [4.78, 5) is 49.6. The van der Waals surface area contributed by atoms with Gasteiger partial charge in [-0.25, -0.2) is 9.59 Å². The normalized spacial score (nSPS) is 21.2. The Morgan fingerprint density at radius 3 is 2.69 bits per heavy atom. The fourth-order valence-corrected chi connectivity index (χ4v) is 4.95. The summed E-state index contributed by atoms with van der Waals surface area (Å²) in [5.74, 6) is -2.62. The number of thioether (sulfide) groups is 1. The maximum absolute atomic E-state index is 12.5. The van der Waals surface area contributed by atoms with E-state index in [9.17, 15) is 24.3 Å². The number of carbonyl (C=O) groups is 3. The number of halogens is 2. The van der Waals surface area contributed by atoms with Crippen LogP contribution < -0.4 is 11.1 Å². The molecule has 1 fully saturated rings. The quantitative estimate of drug-likeness (QED) is 0.669. The first-order valence-electron chi connectivity index (χ1n) is 8.34. The van der Waals surface area contributed by atoms with Crippen LogP contribution in [0.3, 0.4) is 0 Å². The highest BCUT2D eigenvalue weighted by Gasteiger charge is 2.53. The van der Waals surface area contributed by atoms with Gasteiger partial charge in [-0.2, -0.15) is 0 Å². The predicted molar refractivity (Wildman–Crippen MR) is 106 cm³/mol. The van der Waals surface area contributed by atoms with Crippen LogP contribution in [0.1, 0.15) is 6.92 Å². The molecule has 3 heterocycles. The second kappa shape index (κ2) is 7.12. The number of amides is 2. The van der Waals surface area contributed by atoms with E-state index in [0.29, 0.717) is 16.8 Å². The van der Waals surface area contributed by atoms with E-state index in [1.165, 1.54) is 28.8 Å². The molecule has 0 spiro atoms. The molecule has 2 amide bonds. The smallest absolute Gasteiger partial charge is 0.420 e. The number of carbonyl (C=O) groups excluding carboxylic acids is 2. The van der Waals surface area contributed by atoms with E-state index in [1.54, 1.807) is 6.92 Å². The van der Waals surface area contributed by atoms with Gasteiger partial charge in [0.15, 0.2) is 5.58 Å². The summed E-state index contributed by atoms with van der Waals surface area (Å²) < 4.78 is 6.15. The molecular weight excluding hydrogens is 445 g/mol. The monoisotopic (exact) mass is 457 g/mol. The highest BCUT2D eigenvalue weighted by Crippen LogP contribution is 2.40. The third-order valence-corrected chi connectivity index (χ3v) is 6.84. The van der Waals surface area contributed by atoms with Crippen molar-refractivity contribution in [2.24, 2.45) is 0 Å². The summed E-state index contributed by atoms with van der Waals surface area (Å²) in [5.41, 5.74) is 1.01. The summed E-state index contributed by atoms with van der Waals surface area (Å²) in [6, 6.07) is 1.92. The van der Waals surface area contributed by atoms with E-state index < -0.39 is 41.5 Å². The summed E-state index contributed by atoms with van der Waals surface area (Å²) >= 11 is 13.2. The molecule has 9 nitrogen and oxygen atoms in total. The molecule has 0 saturated carbocycles. The third-order valence-electron chi connectivity index (χ3n) is 4.69. The van der Waals surface area contributed by atoms with Gasteiger partial charge in [0.1, 0.15) is 23.7 Å². The first-order chi connectivity index (χ1) is 13.7. The average molecular weight is 458 g/mol. The molecule has 2 N–H and O–H groups in total. The molecule has 4 rings (SSSR count). The van der Waals surface area contributed by atoms with E-state index in [2.05, 4.69) is 5.32 Å². The molecular formula is C17H13Cl2N3O6S. The summed E-state index contributed by atoms with van der Waals surface area (Å²) in [5, 5.41) is 11.8. The van der Waals surface area contributed by atoms with Gasteiger partial charge in [-0.3, -0.25) is 19.1 Å². The van der Waals surface area contributed by atoms with E-state index >= 15 is 0 Å². The Morgan fingerprint density at radius 1 is 1.31 bits per heavy atom. The number of rotatable bonds is 4. The molecule has 1 saturated heterocycles. The SMILES string of the molecule is CC1=C(C(=O)O)N2C(=O)C(NC(=O)Cn3c(=O)oc4cc(Cl)c(Cl)cc43)[C@H]2SC1. The van der Waals surface area contributed by atoms with Crippen LogP contribution in [0, 0.1) is 0 Å². The van der Waals surface area contributed by atoms with Crippen molar-refractivity contribution in [3.8, 4) is 0 Å². The topological polar surface area (TPSA) is 122 Å². The number of carboxylic acids is 1. The number of carboxylic acid groups (broad SMARTS) is 1. The van der Waals surface area contributed by atoms with Gasteiger partial charge in [-0.05, 0) is 18.6 Å². The van der Waals surface area contributed by atoms with Crippen LogP contribution in [0.25, 0.3) is 11.1 Å². The van der Waals surface area contributed by atoms with Crippen LogP contribution >= 0.6 is 35.0 Å². The van der Waals surface area contributed by atoms with Gasteiger partial charge in [-0.15, -0.1) is 11.8 Å². The number of nitrogens with zero attached hydrogens (tertiary/aromatic N) is 2. The zero-order valence-corrected chi connectivity index (χ0v) is 17.1. The number of aliphatic carboxylic acids is 1. The fourth-order valence-electron chi connectivity index (χ4n) is 3.35. The number of hydrogen-bond acceptors (Lipinski definition) is 6. The maximum Gasteiger partial charge on any atom is 0.420 e. The van der Waals surface area contributed by atoms with E-state index in [-0.39, 0.29) is 21.3 Å². The van der Waals surface area contributed by atoms with E-state index in [1.807, 2.05) is 0 Å². The number of fused-ring (bicyclic) bond motifs is 2. The Bertz CT molecular complexity index is 1170. The number of aromatic nitrogens is 1. The number of β-lactam (4-membered cyclic amide) rings is 1. The van der Waals surface area contributed by atoms with Crippen molar-refractivity contribution in [3.63, 3.8) is 0 Å². The lowest BCUT2D eigenvalue weighted by Gasteiger charge is -2.49. The molecule has 2 aliphatic rings. The van der Waals surface area contributed by atoms with Crippen molar-refractivity contribution in [1.82, 2.24) is 14.8 Å². The van der Waals surface area contributed by atoms with Crippen molar-refractivity contribution in [2.75, 3.05) is 5.75 Å². The molecule has 0 aliphatic carbocycles. The largest absolute Gasteiger partial charge is 0.477 e. The Balaban J connectivity index is 1.52. The van der Waals surface area contributed by atoms with Gasteiger partial charge < -0.3 is 14.8 Å². The molecule has 1 unspecified atom stereocenters. The van der Waals surface area contributed by atoms with Crippen molar-refractivity contribution in [2.45, 2.75) is 24.9 Å². The highest BCUT2D eigenvalue weighted by molar-refractivity contribution is 8.00. The van der Waals surface area contributed by atoms with Crippen molar-refractivity contribution in [1.29, 1.82) is 0 Å². The number of hydrogen-bond donors (Lipinski definition) is 2. The second-order valence-corrected chi connectivity index (χ2v) is 8.50. The van der Waals surface area contributed by atoms with Crippen LogP contribution in [-0.2, 0) is 20.9 Å². The van der Waals surface area contributed by atoms with Crippen LogP contribution in [0.2, 0.25) is 10.0 Å². The summed E-state index contributed by atoms with van der Waals surface area (Å²) in [7, 11) is 0. The summed E-state index contributed by atoms with van der Waals surface area (Å²) in [6.07, 6.45) is 0. The lowest BCUT2D eigenvalue weighted by Crippen LogP contribution is -2.70. The molecule has 2 aliphatic heterocycles. The first-order valence-corrected chi connectivity index (χ1v) is 10.1. The average Bonchev–Trinajstić information content (AvgIpc) is 2.94. The number of benzene rings is 1. The van der Waals surface area contributed by atoms with Gasteiger partial charge in [-0.1, -0.05) is 23.2 Å². The molecule has 1 aromatic carbocycles. The molecule has 0 bridgehead atoms. The minimum absolute atomic E-state index is 0.0483. The van der Waals surface area contributed by atoms with Gasteiger partial charge >= 0.3 is 11.7 Å². The molecule has 29 heavy (non-hydrogen) atoms. The van der Waals surface area contributed by atoms with Crippen LogP contribution in [0.4, 0.5) is 0 Å². The third kappa shape index (κ3) is 3.21. The molecule has 0 radical (unpaired) electrons. The Kier molecular flexibility index (Phi) is 4.88. The molecule has 2 aromatic rings. The van der Waals surface area contributed by atoms with E-state index in [4.69, 9.17) is 27.6 Å². The van der Waals surface area contributed by atoms with E-state index in [0.717, 1.165) is 4.57 Å². The minimum Gasteiger partial charge on any atom is -0.477 e. The van der Waals surface area contributed by atoms with Crippen LogP contribution in [0.15, 0.2) is 32.6 Å². The van der Waals surface area contributed by atoms with Gasteiger partial charge in [0.2, 0.25) is 5.91 Å². The Morgan fingerprint density at radius 2 is 2.00 bits per heavy atom. The Labute approximate surface area is 177 Å². The lowest BCUT2D eigenvalue weighted by atomic mass is 10.0. The minimum atomic E-state index is -1.18. The van der Waals surface area contributed by atoms with Crippen molar-refractivity contribution < 1.29 is 23.9 Å². The Hall–Kier alpha value is -2.43. The zero-order valence-electron chi connectivity index (χ0n) is 14.8. The van der Waals surface area contributed by atoms with Gasteiger partial charge in [0.05, 0.1) is 15.6 Å². The fraction of sp³-hybridized carbons (Fsp3) is 0.294. The maximum atomic E-state index is 12.5. The predicted octanol–water partition coefficient (Wildman–Crippen LogP) is 1.66. The van der Waals surface area contributed by atoms with Gasteiger partial charge in [0, 0.05) is 11.8 Å². The number of oxazole rings is 1. The lowest BCUT2D eigenvalue weighted by molar-refractivity contribution is -0.150. The summed E-state index contributed by atoms with van der Waals surface area (Å²) in [6.45, 7) is 1.26. The second-order valence-electron chi connectivity index (χ2n) is 6.58. The molecule has 152 valence electrons.